The number of hydrogen-bond acceptors (Lipinski definition) is 3. The number of rotatable bonds is 3. The highest BCUT2D eigenvalue weighted by Gasteiger charge is 2.42. The van der Waals surface area contributed by atoms with Crippen molar-refractivity contribution < 1.29 is 13.9 Å². The normalized spacial score (nSPS) is 11.8. The number of para-hydroxylation sites is 4. The molecule has 65 heavy (non-hydrogen) atoms. The van der Waals surface area contributed by atoms with E-state index in [2.05, 4.69) is 188 Å². The van der Waals surface area contributed by atoms with E-state index in [9.17, 15) is 4.79 Å². The summed E-state index contributed by atoms with van der Waals surface area (Å²) in [5.74, 6) is 0.167. The van der Waals surface area contributed by atoms with E-state index in [0.717, 1.165) is 6.42 Å². The molecular formula is C60H104N4O+2. The van der Waals surface area contributed by atoms with Gasteiger partial charge < -0.3 is 14.6 Å². The van der Waals surface area contributed by atoms with E-state index >= 15 is 0 Å². The molecule has 5 heteroatoms. The van der Waals surface area contributed by atoms with Gasteiger partial charge in [-0.05, 0) is 93.5 Å². The summed E-state index contributed by atoms with van der Waals surface area (Å²) in [4.78, 5) is 13.6. The summed E-state index contributed by atoms with van der Waals surface area (Å²) >= 11 is 0. The Balaban J connectivity index is -0.000000218. The second-order valence-corrected chi connectivity index (χ2v) is 16.6. The molecule has 0 amide bonds. The van der Waals surface area contributed by atoms with Crippen LogP contribution in [0.25, 0.3) is 0 Å². The summed E-state index contributed by atoms with van der Waals surface area (Å²) in [6, 6.07) is 37.8. The minimum absolute atomic E-state index is 0.167. The van der Waals surface area contributed by atoms with Crippen LogP contribution in [0, 0.1) is 0 Å². The Hall–Kier alpha value is -4.77. The lowest BCUT2D eigenvalue weighted by molar-refractivity contribution is -0.403. The van der Waals surface area contributed by atoms with Gasteiger partial charge in [0.1, 0.15) is 19.9 Å². The smallest absolute Gasteiger partial charge is 0.209 e. The molecule has 0 saturated carbocycles. The number of benzene rings is 4. The van der Waals surface area contributed by atoms with Crippen LogP contribution in [0.1, 0.15) is 169 Å². The maximum absolute atomic E-state index is 9.44. The molecule has 6 rings (SSSR count). The molecule has 0 saturated heterocycles. The van der Waals surface area contributed by atoms with Crippen LogP contribution in [0.4, 0.5) is 22.7 Å². The summed E-state index contributed by atoms with van der Waals surface area (Å²) in [7, 11) is 12.4. The summed E-state index contributed by atoms with van der Waals surface area (Å²) in [5.41, 5.74) is 12.9. The highest BCUT2D eigenvalue weighted by atomic mass is 16.1. The van der Waals surface area contributed by atoms with Gasteiger partial charge in [0.05, 0.1) is 10.8 Å². The summed E-state index contributed by atoms with van der Waals surface area (Å²) in [6.07, 6.45) is 4.63. The van der Waals surface area contributed by atoms with Crippen molar-refractivity contribution in [2.24, 2.45) is 0 Å². The van der Waals surface area contributed by atoms with Gasteiger partial charge in [-0.1, -0.05) is 167 Å². The molecule has 4 aromatic carbocycles. The first-order valence-corrected chi connectivity index (χ1v) is 24.5. The predicted molar refractivity (Wildman–Crippen MR) is 301 cm³/mol. The lowest BCUT2D eigenvalue weighted by Crippen LogP contribution is -2.27. The SMILES string of the molecule is CC.CC.CC.CC.CC(C)=C(C)C.CC(C)=O.CCC.CCC1=[N+](C)c2ccccc2C1(C)C.CN(C)c1ccccc1.CN(C)c1ccccc1.C[N+]1=CC(C)(C)c2ccccc21. The highest BCUT2D eigenvalue weighted by Crippen LogP contribution is 2.39. The molecule has 2 aliphatic heterocycles. The van der Waals surface area contributed by atoms with Gasteiger partial charge in [0, 0.05) is 69.2 Å². The summed E-state index contributed by atoms with van der Waals surface area (Å²) < 4.78 is 4.55. The predicted octanol–water partition coefficient (Wildman–Crippen LogP) is 17.4. The number of nitrogens with zero attached hydrogens (tertiary/aromatic N) is 4. The van der Waals surface area contributed by atoms with Crippen LogP contribution in [0.2, 0.25) is 0 Å². The van der Waals surface area contributed by atoms with Crippen molar-refractivity contribution >= 4 is 40.5 Å². The van der Waals surface area contributed by atoms with E-state index in [4.69, 9.17) is 0 Å². The quantitative estimate of drug-likeness (QED) is 0.152. The molecule has 0 bridgehead atoms. The molecule has 0 aliphatic carbocycles. The zero-order valence-corrected chi connectivity index (χ0v) is 47.6. The molecule has 0 N–H and O–H groups in total. The molecule has 5 nitrogen and oxygen atoms in total. The first kappa shape index (κ1) is 69.3. The second kappa shape index (κ2) is 40.7. The van der Waals surface area contributed by atoms with E-state index in [1.165, 1.54) is 71.0 Å². The number of anilines is 2. The van der Waals surface area contributed by atoms with Crippen molar-refractivity contribution in [2.45, 2.75) is 169 Å². The Morgan fingerprint density at radius 3 is 1.05 bits per heavy atom. The number of ketones is 1. The van der Waals surface area contributed by atoms with Crippen LogP contribution < -0.4 is 9.80 Å². The number of carbonyl (C=O) groups excluding carboxylic acids is 1. The Morgan fingerprint density at radius 1 is 0.492 bits per heavy atom. The first-order chi connectivity index (χ1) is 30.6. The molecule has 0 unspecified atom stereocenters. The lowest BCUT2D eigenvalue weighted by Gasteiger charge is -2.16. The summed E-state index contributed by atoms with van der Waals surface area (Å²) in [5, 5.41) is 0. The molecule has 2 heterocycles. The van der Waals surface area contributed by atoms with Gasteiger partial charge in [0.15, 0.2) is 11.9 Å². The van der Waals surface area contributed by atoms with E-state index in [-0.39, 0.29) is 16.6 Å². The first-order valence-electron chi connectivity index (χ1n) is 24.5. The zero-order chi connectivity index (χ0) is 51.9. The fourth-order valence-electron chi connectivity index (χ4n) is 6.10. The molecule has 0 spiro atoms. The van der Waals surface area contributed by atoms with E-state index in [1.807, 2.05) is 120 Å². The van der Waals surface area contributed by atoms with Gasteiger partial charge in [-0.15, -0.1) is 0 Å². The van der Waals surface area contributed by atoms with Crippen LogP contribution in [0.15, 0.2) is 120 Å². The standard InChI is InChI=1S/C13H18N.C11H14N.2C8H11N.C6H12.C3H6O.C3H8.4C2H6/c1-5-12-13(2,3)10-8-6-7-9-11(10)14(12)4;1-11(2)8-12(3)10-7-5-4-6-9(10)11;2*1-9(2)8-6-4-3-5-7-8;1-5(2)6(3)4;1-3(2)4;1-3-2;4*1-2/h6-9H,5H2,1-4H3;4-8H,1-3H3;2*3-7H,1-2H3;1-4H3;1-2H3;3H2,1-2H3;4*1-2H3/q2*+1;;;;;;;;;. The molecule has 0 atom stereocenters. The molecule has 4 aromatic rings. The molecule has 2 aliphatic rings. The highest BCUT2D eigenvalue weighted by molar-refractivity contribution is 5.94. The van der Waals surface area contributed by atoms with E-state index in [0.29, 0.717) is 0 Å². The maximum Gasteiger partial charge on any atom is 0.209 e. The number of carbonyl (C=O) groups is 1. The van der Waals surface area contributed by atoms with Crippen molar-refractivity contribution in [3.05, 3.63) is 131 Å². The lowest BCUT2D eigenvalue weighted by atomic mass is 9.81. The Labute approximate surface area is 405 Å². The Kier molecular flexibility index (Phi) is 43.4. The number of hydrogen-bond donors (Lipinski definition) is 0. The Morgan fingerprint density at radius 2 is 0.785 bits per heavy atom. The zero-order valence-electron chi connectivity index (χ0n) is 47.6. The van der Waals surface area contributed by atoms with Crippen molar-refractivity contribution in [2.75, 3.05) is 52.1 Å². The maximum atomic E-state index is 9.44. The van der Waals surface area contributed by atoms with Gasteiger partial charge >= 0.3 is 0 Å². The third kappa shape index (κ3) is 28.7. The molecule has 368 valence electrons. The Bertz CT molecular complexity index is 1780. The largest absolute Gasteiger partial charge is 0.378 e. The molecular weight excluding hydrogens is 793 g/mol. The topological polar surface area (TPSA) is 29.6 Å². The van der Waals surface area contributed by atoms with Crippen LogP contribution in [-0.2, 0) is 15.6 Å². The van der Waals surface area contributed by atoms with Gasteiger partial charge in [-0.3, -0.25) is 0 Å². The van der Waals surface area contributed by atoms with Gasteiger partial charge in [0.25, 0.3) is 0 Å². The van der Waals surface area contributed by atoms with Crippen LogP contribution >= 0.6 is 0 Å². The van der Waals surface area contributed by atoms with Crippen LogP contribution in [0.5, 0.6) is 0 Å². The average Bonchev–Trinajstić information content (AvgIpc) is 3.66. The minimum atomic E-state index is 0.167. The molecule has 0 fully saturated rings. The van der Waals surface area contributed by atoms with Crippen molar-refractivity contribution in [3.63, 3.8) is 0 Å². The van der Waals surface area contributed by atoms with E-state index < -0.39 is 0 Å². The molecule has 0 radical (unpaired) electrons. The average molecular weight is 898 g/mol. The fourth-order valence-corrected chi connectivity index (χ4v) is 6.10. The second-order valence-electron chi connectivity index (χ2n) is 16.6. The monoisotopic (exact) mass is 897 g/mol. The van der Waals surface area contributed by atoms with Crippen molar-refractivity contribution in [1.29, 1.82) is 0 Å². The van der Waals surface area contributed by atoms with Gasteiger partial charge in [-0.2, -0.15) is 0 Å². The fraction of sp³-hybridized carbons (Fsp3) is 0.517. The third-order valence-electron chi connectivity index (χ3n) is 9.44. The van der Waals surface area contributed by atoms with Gasteiger partial charge in [0.2, 0.25) is 11.4 Å². The van der Waals surface area contributed by atoms with Crippen LogP contribution in [-0.4, -0.2) is 69.1 Å². The minimum Gasteiger partial charge on any atom is -0.378 e. The number of allylic oxidation sites excluding steroid dienone is 2. The number of fused-ring (bicyclic) bond motifs is 2. The van der Waals surface area contributed by atoms with Crippen LogP contribution in [0.3, 0.4) is 0 Å². The number of Topliss-reactive ketones (excluding diaryl/α,β-unsaturated/α-hetero) is 1. The molecule has 0 aromatic heterocycles. The third-order valence-corrected chi connectivity index (χ3v) is 9.44. The van der Waals surface area contributed by atoms with Gasteiger partial charge in [-0.25, -0.2) is 9.15 Å². The van der Waals surface area contributed by atoms with E-state index in [1.54, 1.807) is 0 Å². The van der Waals surface area contributed by atoms with Crippen molar-refractivity contribution in [1.82, 2.24) is 0 Å². The summed E-state index contributed by atoms with van der Waals surface area (Å²) in [6.45, 7) is 43.1. The van der Waals surface area contributed by atoms with Crippen molar-refractivity contribution in [3.8, 4) is 0 Å².